The number of ether oxygens (including phenoxy) is 1. The molecule has 7 heteroatoms. The number of carbonyl (C=O) groups excluding carboxylic acids is 1. The lowest BCUT2D eigenvalue weighted by molar-refractivity contribution is -0.137. The predicted octanol–water partition coefficient (Wildman–Crippen LogP) is 7.59. The minimum atomic E-state index is -4.50. The maximum absolute atomic E-state index is 13.2. The average Bonchev–Trinajstić information content (AvgIpc) is 2.91. The molecule has 0 atom stereocenters. The quantitative estimate of drug-likeness (QED) is 0.242. The molecule has 1 N–H and O–H groups in total. The van der Waals surface area contributed by atoms with E-state index >= 15 is 0 Å². The highest BCUT2D eigenvalue weighted by molar-refractivity contribution is 5.96. The topological polar surface area (TPSA) is 62.1 Å². The van der Waals surface area contributed by atoms with Crippen molar-refractivity contribution < 1.29 is 22.7 Å². The number of carbonyl (C=O) groups is 1. The number of amides is 1. The maximum atomic E-state index is 13.2. The number of rotatable bonds is 13. The molecule has 3 rings (SSSR count). The van der Waals surface area contributed by atoms with Crippen LogP contribution in [0.4, 0.5) is 13.2 Å². The molecule has 0 unspecified atom stereocenters. The zero-order valence-electron chi connectivity index (χ0n) is 20.7. The van der Waals surface area contributed by atoms with Crippen molar-refractivity contribution in [2.24, 2.45) is 0 Å². The zero-order valence-corrected chi connectivity index (χ0v) is 20.7. The van der Waals surface area contributed by atoms with Gasteiger partial charge in [0.05, 0.1) is 5.56 Å². The maximum Gasteiger partial charge on any atom is 0.416 e. The summed E-state index contributed by atoms with van der Waals surface area (Å²) in [6, 6.07) is 21.7. The van der Waals surface area contributed by atoms with E-state index in [4.69, 9.17) is 10.00 Å². The smallest absolute Gasteiger partial charge is 0.416 e. The number of nitriles is 1. The second kappa shape index (κ2) is 14.1. The Morgan fingerprint density at radius 2 is 1.59 bits per heavy atom. The van der Waals surface area contributed by atoms with Gasteiger partial charge in [-0.25, -0.2) is 0 Å². The van der Waals surface area contributed by atoms with E-state index in [-0.39, 0.29) is 23.8 Å². The molecule has 0 fully saturated rings. The van der Waals surface area contributed by atoms with Crippen LogP contribution in [0.15, 0.2) is 72.8 Å². The number of hydrogen-bond acceptors (Lipinski definition) is 3. The zero-order chi connectivity index (χ0) is 26.5. The molecule has 3 aromatic rings. The monoisotopic (exact) mass is 508 g/mol. The molecule has 0 aliphatic rings. The van der Waals surface area contributed by atoms with E-state index in [0.717, 1.165) is 44.2 Å². The van der Waals surface area contributed by atoms with Gasteiger partial charge in [0, 0.05) is 17.7 Å². The van der Waals surface area contributed by atoms with Crippen molar-refractivity contribution in [1.82, 2.24) is 5.32 Å². The van der Waals surface area contributed by atoms with Crippen LogP contribution < -0.4 is 10.1 Å². The Balaban J connectivity index is 1.50. The summed E-state index contributed by atoms with van der Waals surface area (Å²) >= 11 is 0. The van der Waals surface area contributed by atoms with Crippen LogP contribution in [0, 0.1) is 11.3 Å². The fraction of sp³-hybridized carbons (Fsp3) is 0.333. The summed E-state index contributed by atoms with van der Waals surface area (Å²) in [5.74, 6) is -0.0624. The third-order valence-electron chi connectivity index (χ3n) is 6.06. The Bertz CT molecular complexity index is 1190. The average molecular weight is 509 g/mol. The fourth-order valence-electron chi connectivity index (χ4n) is 4.11. The van der Waals surface area contributed by atoms with Crippen molar-refractivity contribution in [1.29, 1.82) is 5.26 Å². The first-order valence-electron chi connectivity index (χ1n) is 12.5. The Hall–Kier alpha value is -3.79. The van der Waals surface area contributed by atoms with Crippen molar-refractivity contribution in [3.05, 3.63) is 89.5 Å². The van der Waals surface area contributed by atoms with E-state index in [1.54, 1.807) is 6.07 Å². The van der Waals surface area contributed by atoms with Crippen LogP contribution in [0.1, 0.15) is 60.0 Å². The number of benzene rings is 3. The highest BCUT2D eigenvalue weighted by atomic mass is 19.4. The molecule has 4 nitrogen and oxygen atoms in total. The molecule has 0 aromatic heterocycles. The van der Waals surface area contributed by atoms with Crippen molar-refractivity contribution in [3.8, 4) is 22.9 Å². The van der Waals surface area contributed by atoms with Crippen LogP contribution in [-0.2, 0) is 12.6 Å². The van der Waals surface area contributed by atoms with Gasteiger partial charge in [-0.2, -0.15) is 18.4 Å². The summed E-state index contributed by atoms with van der Waals surface area (Å²) in [4.78, 5) is 12.7. The number of hydrogen-bond donors (Lipinski definition) is 1. The number of nitrogens with one attached hydrogen (secondary N) is 1. The van der Waals surface area contributed by atoms with Gasteiger partial charge >= 0.3 is 6.18 Å². The molecule has 0 heterocycles. The van der Waals surface area contributed by atoms with Crippen molar-refractivity contribution >= 4 is 5.91 Å². The van der Waals surface area contributed by atoms with Gasteiger partial charge in [-0.15, -0.1) is 0 Å². The van der Waals surface area contributed by atoms with E-state index in [0.29, 0.717) is 17.7 Å². The standard InChI is InChI=1S/C30H31F3N2O2/c31-30(32,33)26-15-10-14-24(21-26)27-22-25(16-17-28(27)37-20-18-34)29(36)35-19-9-4-2-1-3-6-11-23-12-7-5-8-13-23/h5,7-8,10,12-17,21-22H,1-4,6,9,11,19-20H2,(H,35,36). The fourth-order valence-corrected chi connectivity index (χ4v) is 4.11. The Morgan fingerprint density at radius 1 is 0.865 bits per heavy atom. The highest BCUT2D eigenvalue weighted by Crippen LogP contribution is 2.36. The molecule has 0 spiro atoms. The summed E-state index contributed by atoms with van der Waals surface area (Å²) < 4.78 is 45.1. The van der Waals surface area contributed by atoms with Crippen LogP contribution in [0.3, 0.4) is 0 Å². The molecule has 0 aliphatic heterocycles. The molecule has 0 saturated carbocycles. The summed E-state index contributed by atoms with van der Waals surface area (Å²) in [5.41, 5.74) is 1.46. The van der Waals surface area contributed by atoms with Crippen molar-refractivity contribution in [3.63, 3.8) is 0 Å². The predicted molar refractivity (Wildman–Crippen MR) is 138 cm³/mol. The molecule has 0 saturated heterocycles. The van der Waals surface area contributed by atoms with Crippen LogP contribution in [0.5, 0.6) is 5.75 Å². The molecule has 0 bridgehead atoms. The third kappa shape index (κ3) is 8.98. The summed E-state index contributed by atoms with van der Waals surface area (Å²) in [6.45, 7) is 0.262. The molecular weight excluding hydrogens is 477 g/mol. The molecule has 1 amide bonds. The number of alkyl halides is 3. The number of nitrogens with zero attached hydrogens (tertiary/aromatic N) is 1. The molecule has 3 aromatic carbocycles. The minimum Gasteiger partial charge on any atom is -0.478 e. The van der Waals surface area contributed by atoms with E-state index in [9.17, 15) is 18.0 Å². The lowest BCUT2D eigenvalue weighted by Crippen LogP contribution is -2.24. The summed E-state index contributed by atoms with van der Waals surface area (Å²) in [5, 5.41) is 11.7. The van der Waals surface area contributed by atoms with E-state index in [1.165, 1.54) is 42.7 Å². The highest BCUT2D eigenvalue weighted by Gasteiger charge is 2.30. The van der Waals surface area contributed by atoms with Gasteiger partial charge in [-0.3, -0.25) is 4.79 Å². The Labute approximate surface area is 216 Å². The third-order valence-corrected chi connectivity index (χ3v) is 6.06. The van der Waals surface area contributed by atoms with Gasteiger partial charge in [0.2, 0.25) is 0 Å². The number of unbranched alkanes of at least 4 members (excludes halogenated alkanes) is 5. The summed E-state index contributed by atoms with van der Waals surface area (Å²) in [7, 11) is 0. The van der Waals surface area contributed by atoms with E-state index in [2.05, 4.69) is 29.6 Å². The Morgan fingerprint density at radius 3 is 2.32 bits per heavy atom. The van der Waals surface area contributed by atoms with Gasteiger partial charge < -0.3 is 10.1 Å². The van der Waals surface area contributed by atoms with Crippen LogP contribution >= 0.6 is 0 Å². The SMILES string of the molecule is N#CCOc1ccc(C(=O)NCCCCCCCCc2ccccc2)cc1-c1cccc(C(F)(F)F)c1. The van der Waals surface area contributed by atoms with Gasteiger partial charge in [0.25, 0.3) is 5.91 Å². The minimum absolute atomic E-state index is 0.240. The Kier molecular flexibility index (Phi) is 10.6. The van der Waals surface area contributed by atoms with E-state index in [1.807, 2.05) is 12.1 Å². The number of halogens is 3. The first kappa shape index (κ1) is 27.8. The molecule has 194 valence electrons. The summed E-state index contributed by atoms with van der Waals surface area (Å²) in [6.07, 6.45) is 3.08. The van der Waals surface area contributed by atoms with Gasteiger partial charge in [-0.1, -0.05) is 68.1 Å². The lowest BCUT2D eigenvalue weighted by atomic mass is 9.99. The number of aryl methyl sites for hydroxylation is 1. The van der Waals surface area contributed by atoms with E-state index < -0.39 is 11.7 Å². The van der Waals surface area contributed by atoms with Crippen molar-refractivity contribution in [2.45, 2.75) is 51.1 Å². The molecule has 0 aliphatic carbocycles. The molecule has 37 heavy (non-hydrogen) atoms. The molecule has 0 radical (unpaired) electrons. The first-order chi connectivity index (χ1) is 17.9. The second-order valence-electron chi connectivity index (χ2n) is 8.85. The van der Waals surface area contributed by atoms with Crippen LogP contribution in [0.25, 0.3) is 11.1 Å². The molecular formula is C30H31F3N2O2. The second-order valence-corrected chi connectivity index (χ2v) is 8.85. The van der Waals surface area contributed by atoms with Crippen LogP contribution in [0.2, 0.25) is 0 Å². The van der Waals surface area contributed by atoms with Crippen LogP contribution in [-0.4, -0.2) is 19.1 Å². The van der Waals surface area contributed by atoms with Gasteiger partial charge in [0.15, 0.2) is 6.61 Å². The largest absolute Gasteiger partial charge is 0.478 e. The van der Waals surface area contributed by atoms with Gasteiger partial charge in [-0.05, 0) is 60.7 Å². The van der Waals surface area contributed by atoms with Gasteiger partial charge in [0.1, 0.15) is 11.8 Å². The van der Waals surface area contributed by atoms with Crippen molar-refractivity contribution in [2.75, 3.05) is 13.2 Å². The lowest BCUT2D eigenvalue weighted by Gasteiger charge is -2.14. The normalized spacial score (nSPS) is 11.1. The first-order valence-corrected chi connectivity index (χ1v) is 12.5.